The van der Waals surface area contributed by atoms with Gasteiger partial charge in [0.25, 0.3) is 11.7 Å². The lowest BCUT2D eigenvalue weighted by atomic mass is 9.92. The Balaban J connectivity index is 1.54. The number of aryl methyl sites for hydroxylation is 2. The Hall–Kier alpha value is -4.93. The topological polar surface area (TPSA) is 150 Å². The van der Waals surface area contributed by atoms with Crippen LogP contribution >= 0.6 is 0 Å². The molecule has 11 nitrogen and oxygen atoms in total. The lowest BCUT2D eigenvalue weighted by Crippen LogP contribution is -2.23. The molecule has 11 heteroatoms. The van der Waals surface area contributed by atoms with Gasteiger partial charge >= 0.3 is 6.03 Å². The summed E-state index contributed by atoms with van der Waals surface area (Å²) in [5, 5.41) is 10.6. The summed E-state index contributed by atoms with van der Waals surface area (Å²) in [6.45, 7) is 8.00. The van der Waals surface area contributed by atoms with Crippen molar-refractivity contribution in [2.24, 2.45) is 12.8 Å². The fourth-order valence-corrected chi connectivity index (χ4v) is 3.90. The highest BCUT2D eigenvalue weighted by Crippen LogP contribution is 2.34. The van der Waals surface area contributed by atoms with Crippen LogP contribution in [0.3, 0.4) is 0 Å². The zero-order chi connectivity index (χ0) is 28.5. The van der Waals surface area contributed by atoms with Gasteiger partial charge in [0.05, 0.1) is 23.9 Å². The molecule has 39 heavy (non-hydrogen) atoms. The molecule has 2 aromatic carbocycles. The Bertz CT molecular complexity index is 1600. The summed E-state index contributed by atoms with van der Waals surface area (Å²) in [5.41, 5.74) is 7.79. The minimum Gasteiger partial charge on any atom is -0.496 e. The highest BCUT2D eigenvalue weighted by atomic mass is 16.5. The third kappa shape index (κ3) is 5.82. The second-order valence-corrected chi connectivity index (χ2v) is 10.0. The van der Waals surface area contributed by atoms with Gasteiger partial charge in [-0.1, -0.05) is 20.8 Å². The normalized spacial score (nSPS) is 11.2. The molecular formula is C28H30N6O5. The number of pyridine rings is 1. The first-order chi connectivity index (χ1) is 18.4. The summed E-state index contributed by atoms with van der Waals surface area (Å²) >= 11 is 0. The fourth-order valence-electron chi connectivity index (χ4n) is 3.90. The molecule has 0 spiro atoms. The second-order valence-electron chi connectivity index (χ2n) is 10.0. The number of amides is 3. The first kappa shape index (κ1) is 27.1. The number of nitrogens with zero attached hydrogens (tertiary/aromatic N) is 3. The highest BCUT2D eigenvalue weighted by Gasteiger charge is 2.21. The predicted molar refractivity (Wildman–Crippen MR) is 148 cm³/mol. The number of hydrogen-bond acceptors (Lipinski definition) is 7. The van der Waals surface area contributed by atoms with Crippen LogP contribution in [0.1, 0.15) is 42.4 Å². The number of ketones is 1. The van der Waals surface area contributed by atoms with E-state index in [4.69, 9.17) is 15.2 Å². The van der Waals surface area contributed by atoms with Crippen molar-refractivity contribution in [1.82, 2.24) is 14.8 Å². The highest BCUT2D eigenvalue weighted by molar-refractivity contribution is 6.43. The van der Waals surface area contributed by atoms with Crippen molar-refractivity contribution >= 4 is 40.1 Å². The van der Waals surface area contributed by atoms with E-state index in [1.54, 1.807) is 48.3 Å². The van der Waals surface area contributed by atoms with E-state index in [0.29, 0.717) is 33.9 Å². The van der Waals surface area contributed by atoms with Crippen LogP contribution in [0.15, 0.2) is 48.7 Å². The number of Topliss-reactive ketones (excluding diaryl/α,β-unsaturated/α-hetero) is 1. The molecule has 2 heterocycles. The third-order valence-corrected chi connectivity index (χ3v) is 6.05. The number of methoxy groups -OCH3 is 1. The molecule has 3 amide bonds. The zero-order valence-corrected chi connectivity index (χ0v) is 22.6. The van der Waals surface area contributed by atoms with Crippen LogP contribution in [-0.2, 0) is 17.3 Å². The van der Waals surface area contributed by atoms with Crippen molar-refractivity contribution in [2.75, 3.05) is 17.7 Å². The maximum atomic E-state index is 12.7. The number of aromatic nitrogens is 3. The van der Waals surface area contributed by atoms with Gasteiger partial charge in [-0.2, -0.15) is 5.10 Å². The molecule has 0 saturated heterocycles. The molecule has 4 aromatic rings. The van der Waals surface area contributed by atoms with Crippen LogP contribution in [0.4, 0.5) is 16.3 Å². The number of nitrogens with one attached hydrogen (secondary N) is 2. The summed E-state index contributed by atoms with van der Waals surface area (Å²) in [5.74, 6) is -0.323. The van der Waals surface area contributed by atoms with Crippen molar-refractivity contribution in [1.29, 1.82) is 0 Å². The quantitative estimate of drug-likeness (QED) is 0.232. The predicted octanol–water partition coefficient (Wildman–Crippen LogP) is 4.69. The number of benzene rings is 2. The van der Waals surface area contributed by atoms with Gasteiger partial charge in [0.2, 0.25) is 0 Å². The van der Waals surface area contributed by atoms with Crippen molar-refractivity contribution in [2.45, 2.75) is 33.1 Å². The van der Waals surface area contributed by atoms with Gasteiger partial charge in [0.1, 0.15) is 23.1 Å². The maximum absolute atomic E-state index is 12.7. The van der Waals surface area contributed by atoms with Crippen LogP contribution in [-0.4, -0.2) is 39.6 Å². The van der Waals surface area contributed by atoms with E-state index >= 15 is 0 Å². The molecule has 0 aliphatic rings. The molecule has 2 aromatic heterocycles. The van der Waals surface area contributed by atoms with E-state index in [2.05, 4.69) is 41.5 Å². The number of fused-ring (bicyclic) bond motifs is 1. The van der Waals surface area contributed by atoms with Gasteiger partial charge in [-0.05, 0) is 42.8 Å². The van der Waals surface area contributed by atoms with E-state index in [9.17, 15) is 14.4 Å². The van der Waals surface area contributed by atoms with Crippen molar-refractivity contribution in [3.05, 3.63) is 65.5 Å². The largest absolute Gasteiger partial charge is 0.496 e. The molecule has 0 radical (unpaired) electrons. The number of anilines is 2. The van der Waals surface area contributed by atoms with E-state index < -0.39 is 17.7 Å². The molecule has 0 atom stereocenters. The standard InChI is InChI=1S/C28H30N6O5/c1-15-11-16(7-8-19(15)31-27(37)32-24-14-23(28(2,3)4)33-34(24)5)39-21-9-10-30-20-13-22(38-6)18(12-17(20)21)25(35)26(29)36/h7-14H,1-6H3,(H2,29,36)(H2,31,32,37). The molecule has 0 aliphatic carbocycles. The summed E-state index contributed by atoms with van der Waals surface area (Å²) < 4.78 is 13.0. The summed E-state index contributed by atoms with van der Waals surface area (Å²) in [6, 6.07) is 11.3. The van der Waals surface area contributed by atoms with Crippen LogP contribution in [0, 0.1) is 6.92 Å². The summed E-state index contributed by atoms with van der Waals surface area (Å²) in [4.78, 5) is 40.8. The molecule has 0 saturated carbocycles. The number of nitrogens with two attached hydrogens (primary N) is 1. The number of ether oxygens (including phenoxy) is 2. The summed E-state index contributed by atoms with van der Waals surface area (Å²) in [7, 11) is 3.16. The number of carbonyl (C=O) groups excluding carboxylic acids is 3. The monoisotopic (exact) mass is 530 g/mol. The van der Waals surface area contributed by atoms with Gasteiger partial charge in [0, 0.05) is 41.9 Å². The van der Waals surface area contributed by atoms with Crippen molar-refractivity contribution in [3.63, 3.8) is 0 Å². The van der Waals surface area contributed by atoms with Gasteiger partial charge in [-0.25, -0.2) is 4.79 Å². The summed E-state index contributed by atoms with van der Waals surface area (Å²) in [6.07, 6.45) is 1.56. The van der Waals surface area contributed by atoms with E-state index in [-0.39, 0.29) is 16.7 Å². The lowest BCUT2D eigenvalue weighted by molar-refractivity contribution is -0.114. The molecule has 4 rings (SSSR count). The fraction of sp³-hybridized carbons (Fsp3) is 0.250. The van der Waals surface area contributed by atoms with Gasteiger partial charge in [-0.3, -0.25) is 24.6 Å². The Morgan fingerprint density at radius 1 is 1.00 bits per heavy atom. The van der Waals surface area contributed by atoms with E-state index in [1.807, 2.05) is 13.0 Å². The molecule has 0 aliphatic heterocycles. The van der Waals surface area contributed by atoms with E-state index in [0.717, 1.165) is 11.3 Å². The van der Waals surface area contributed by atoms with Gasteiger partial charge in [-0.15, -0.1) is 0 Å². The Kier molecular flexibility index (Phi) is 7.26. The van der Waals surface area contributed by atoms with Gasteiger partial charge in [0.15, 0.2) is 0 Å². The van der Waals surface area contributed by atoms with Crippen LogP contribution < -0.4 is 25.8 Å². The van der Waals surface area contributed by atoms with E-state index in [1.165, 1.54) is 13.2 Å². The molecule has 202 valence electrons. The SMILES string of the molecule is COc1cc2nccc(Oc3ccc(NC(=O)Nc4cc(C(C)(C)C)nn4C)c(C)c3)c2cc1C(=O)C(N)=O. The van der Waals surface area contributed by atoms with Crippen molar-refractivity contribution < 1.29 is 23.9 Å². The molecule has 0 fully saturated rings. The van der Waals surface area contributed by atoms with Gasteiger partial charge < -0.3 is 20.5 Å². The second kappa shape index (κ2) is 10.4. The first-order valence-corrected chi connectivity index (χ1v) is 12.1. The average molecular weight is 531 g/mol. The first-order valence-electron chi connectivity index (χ1n) is 12.1. The van der Waals surface area contributed by atoms with Crippen molar-refractivity contribution in [3.8, 4) is 17.2 Å². The Morgan fingerprint density at radius 3 is 2.36 bits per heavy atom. The Morgan fingerprint density at radius 2 is 1.74 bits per heavy atom. The number of carbonyl (C=O) groups is 3. The average Bonchev–Trinajstić information content (AvgIpc) is 3.25. The molecule has 4 N–H and O–H groups in total. The van der Waals surface area contributed by atoms with Crippen LogP contribution in [0.2, 0.25) is 0 Å². The lowest BCUT2D eigenvalue weighted by Gasteiger charge is -2.14. The number of urea groups is 1. The third-order valence-electron chi connectivity index (χ3n) is 6.05. The molecular weight excluding hydrogens is 500 g/mol. The number of hydrogen-bond donors (Lipinski definition) is 3. The maximum Gasteiger partial charge on any atom is 0.324 e. The number of primary amides is 1. The smallest absolute Gasteiger partial charge is 0.324 e. The molecule has 0 bridgehead atoms. The minimum atomic E-state index is -1.10. The number of rotatable bonds is 7. The van der Waals surface area contributed by atoms with Crippen LogP contribution in [0.25, 0.3) is 10.9 Å². The van der Waals surface area contributed by atoms with Crippen LogP contribution in [0.5, 0.6) is 17.2 Å². The minimum absolute atomic E-state index is 0.0140. The molecule has 0 unspecified atom stereocenters. The Labute approximate surface area is 225 Å². The zero-order valence-electron chi connectivity index (χ0n) is 22.6.